The van der Waals surface area contributed by atoms with Crippen molar-refractivity contribution in [3.05, 3.63) is 28.8 Å². The maximum atomic E-state index is 12.0. The Labute approximate surface area is 128 Å². The van der Waals surface area contributed by atoms with Gasteiger partial charge in [0.2, 0.25) is 10.0 Å². The Hall–Kier alpha value is -0.860. The first-order chi connectivity index (χ1) is 8.94. The molecule has 0 atom stereocenters. The normalized spacial score (nSPS) is 15.1. The molecular formula is C11H14Cl2N2O4S. The lowest BCUT2D eigenvalue weighted by Crippen LogP contribution is -2.56. The van der Waals surface area contributed by atoms with Crippen molar-refractivity contribution in [2.75, 3.05) is 20.2 Å². The van der Waals surface area contributed by atoms with Gasteiger partial charge < -0.3 is 10.1 Å². The van der Waals surface area contributed by atoms with Gasteiger partial charge in [-0.2, -0.15) is 0 Å². The number of sulfonamides is 1. The lowest BCUT2D eigenvalue weighted by atomic mass is 10.2. The number of carbonyl (C=O) groups is 1. The van der Waals surface area contributed by atoms with Crippen molar-refractivity contribution in [1.29, 1.82) is 0 Å². The number of halogens is 2. The van der Waals surface area contributed by atoms with Crippen LogP contribution in [0, 0.1) is 0 Å². The molecule has 1 saturated heterocycles. The van der Waals surface area contributed by atoms with Crippen LogP contribution < -0.4 is 10.0 Å². The minimum Gasteiger partial charge on any atom is -0.465 e. The third-order valence-electron chi connectivity index (χ3n) is 2.76. The highest BCUT2D eigenvalue weighted by molar-refractivity contribution is 7.89. The van der Waals surface area contributed by atoms with Crippen LogP contribution in [0.2, 0.25) is 5.02 Å². The Bertz CT molecular complexity index is 602. The molecule has 1 aromatic rings. The Balaban J connectivity index is 0.00000200. The first-order valence-corrected chi connectivity index (χ1v) is 7.41. The summed E-state index contributed by atoms with van der Waals surface area (Å²) in [7, 11) is -2.39. The van der Waals surface area contributed by atoms with Crippen molar-refractivity contribution in [3.8, 4) is 0 Å². The lowest BCUT2D eigenvalue weighted by Gasteiger charge is -2.27. The first-order valence-electron chi connectivity index (χ1n) is 5.55. The molecule has 6 nitrogen and oxygen atoms in total. The monoisotopic (exact) mass is 340 g/mol. The number of hydrogen-bond acceptors (Lipinski definition) is 5. The number of nitrogens with one attached hydrogen (secondary N) is 2. The molecule has 1 aliphatic heterocycles. The van der Waals surface area contributed by atoms with Crippen molar-refractivity contribution in [2.45, 2.75) is 10.9 Å². The molecule has 0 spiro atoms. The third-order valence-corrected chi connectivity index (χ3v) is 4.59. The highest BCUT2D eigenvalue weighted by Gasteiger charge is 2.25. The zero-order chi connectivity index (χ0) is 14.0. The summed E-state index contributed by atoms with van der Waals surface area (Å²) in [5, 5.41) is 3.01. The molecule has 0 aromatic heterocycles. The molecule has 0 aliphatic carbocycles. The number of rotatable bonds is 4. The van der Waals surface area contributed by atoms with E-state index in [-0.39, 0.29) is 33.9 Å². The van der Waals surface area contributed by atoms with Gasteiger partial charge in [-0.3, -0.25) is 0 Å². The van der Waals surface area contributed by atoms with Crippen LogP contribution in [-0.4, -0.2) is 40.6 Å². The molecule has 1 heterocycles. The molecule has 0 bridgehead atoms. The number of carbonyl (C=O) groups excluding carboxylic acids is 1. The van der Waals surface area contributed by atoms with Gasteiger partial charge in [-0.1, -0.05) is 11.6 Å². The van der Waals surface area contributed by atoms with Gasteiger partial charge in [-0.05, 0) is 18.2 Å². The summed E-state index contributed by atoms with van der Waals surface area (Å²) in [5.41, 5.74) is 0.133. The van der Waals surface area contributed by atoms with Crippen LogP contribution in [0.3, 0.4) is 0 Å². The standard InChI is InChI=1S/C11H13ClN2O4S.ClH/c1-18-11(15)9-3-2-8(4-10(9)12)19(16,17)14-7-5-13-6-7;/h2-4,7,13-14H,5-6H2,1H3;1H. The van der Waals surface area contributed by atoms with E-state index in [4.69, 9.17) is 11.6 Å². The topological polar surface area (TPSA) is 84.5 Å². The molecule has 9 heteroatoms. The Morgan fingerprint density at radius 1 is 1.45 bits per heavy atom. The molecule has 1 fully saturated rings. The van der Waals surface area contributed by atoms with Crippen molar-refractivity contribution in [1.82, 2.24) is 10.0 Å². The van der Waals surface area contributed by atoms with Gasteiger partial charge in [-0.25, -0.2) is 17.9 Å². The fourth-order valence-corrected chi connectivity index (χ4v) is 3.18. The zero-order valence-corrected chi connectivity index (χ0v) is 12.9. The third kappa shape index (κ3) is 3.62. The van der Waals surface area contributed by atoms with Crippen LogP contribution >= 0.6 is 24.0 Å². The molecular weight excluding hydrogens is 327 g/mol. The Morgan fingerprint density at radius 2 is 2.10 bits per heavy atom. The van der Waals surface area contributed by atoms with E-state index in [1.54, 1.807) is 0 Å². The fraction of sp³-hybridized carbons (Fsp3) is 0.364. The summed E-state index contributed by atoms with van der Waals surface area (Å²) in [4.78, 5) is 11.4. The molecule has 0 radical (unpaired) electrons. The number of hydrogen-bond donors (Lipinski definition) is 2. The maximum absolute atomic E-state index is 12.0. The van der Waals surface area contributed by atoms with Crippen LogP contribution in [-0.2, 0) is 14.8 Å². The molecule has 2 N–H and O–H groups in total. The van der Waals surface area contributed by atoms with Crippen LogP contribution in [0.1, 0.15) is 10.4 Å². The van der Waals surface area contributed by atoms with Crippen molar-refractivity contribution in [2.24, 2.45) is 0 Å². The first kappa shape index (κ1) is 17.2. The highest BCUT2D eigenvalue weighted by Crippen LogP contribution is 2.21. The van der Waals surface area contributed by atoms with E-state index in [0.29, 0.717) is 13.1 Å². The summed E-state index contributed by atoms with van der Waals surface area (Å²) in [5.74, 6) is -0.606. The number of esters is 1. The lowest BCUT2D eigenvalue weighted by molar-refractivity contribution is 0.0601. The molecule has 1 aliphatic rings. The maximum Gasteiger partial charge on any atom is 0.339 e. The second-order valence-electron chi connectivity index (χ2n) is 4.11. The van der Waals surface area contributed by atoms with E-state index >= 15 is 0 Å². The fourth-order valence-electron chi connectivity index (χ4n) is 1.60. The van der Waals surface area contributed by atoms with Gasteiger partial charge in [0.05, 0.1) is 22.6 Å². The molecule has 0 unspecified atom stereocenters. The van der Waals surface area contributed by atoms with E-state index in [0.717, 1.165) is 0 Å². The van der Waals surface area contributed by atoms with Crippen LogP contribution in [0.15, 0.2) is 23.1 Å². The Morgan fingerprint density at radius 3 is 2.55 bits per heavy atom. The predicted octanol–water partition coefficient (Wildman–Crippen LogP) is 0.799. The average Bonchev–Trinajstić information content (AvgIpc) is 2.33. The smallest absolute Gasteiger partial charge is 0.339 e. The van der Waals surface area contributed by atoms with Gasteiger partial charge >= 0.3 is 5.97 Å². The molecule has 0 amide bonds. The second-order valence-corrected chi connectivity index (χ2v) is 6.23. The van der Waals surface area contributed by atoms with Crippen molar-refractivity contribution < 1.29 is 17.9 Å². The van der Waals surface area contributed by atoms with Gasteiger partial charge in [0, 0.05) is 19.1 Å². The second kappa shape index (κ2) is 6.73. The minimum absolute atomic E-state index is 0. The van der Waals surface area contributed by atoms with Crippen LogP contribution in [0.4, 0.5) is 0 Å². The average molecular weight is 341 g/mol. The van der Waals surface area contributed by atoms with Crippen LogP contribution in [0.25, 0.3) is 0 Å². The zero-order valence-electron chi connectivity index (χ0n) is 10.6. The van der Waals surface area contributed by atoms with Crippen LogP contribution in [0.5, 0.6) is 0 Å². The van der Waals surface area contributed by atoms with Gasteiger partial charge in [0.15, 0.2) is 0 Å². The summed E-state index contributed by atoms with van der Waals surface area (Å²) in [6.45, 7) is 1.21. The van der Waals surface area contributed by atoms with E-state index in [2.05, 4.69) is 14.8 Å². The SMILES string of the molecule is COC(=O)c1ccc(S(=O)(=O)NC2CNC2)cc1Cl.Cl. The summed E-state index contributed by atoms with van der Waals surface area (Å²) in [6, 6.07) is 3.79. The predicted molar refractivity (Wildman–Crippen MR) is 77.0 cm³/mol. The molecule has 1 aromatic carbocycles. The van der Waals surface area contributed by atoms with Gasteiger partial charge in [0.1, 0.15) is 0 Å². The van der Waals surface area contributed by atoms with Gasteiger partial charge in [-0.15, -0.1) is 12.4 Å². The summed E-state index contributed by atoms with van der Waals surface area (Å²) < 4.78 is 31.1. The molecule has 112 valence electrons. The van der Waals surface area contributed by atoms with E-state index in [1.165, 1.54) is 25.3 Å². The quantitative estimate of drug-likeness (QED) is 0.792. The van der Waals surface area contributed by atoms with Crippen molar-refractivity contribution in [3.63, 3.8) is 0 Å². The van der Waals surface area contributed by atoms with E-state index in [9.17, 15) is 13.2 Å². The van der Waals surface area contributed by atoms with E-state index < -0.39 is 16.0 Å². The van der Waals surface area contributed by atoms with Gasteiger partial charge in [0.25, 0.3) is 0 Å². The highest BCUT2D eigenvalue weighted by atomic mass is 35.5. The number of benzene rings is 1. The van der Waals surface area contributed by atoms with E-state index in [1.807, 2.05) is 0 Å². The number of methoxy groups -OCH3 is 1. The molecule has 0 saturated carbocycles. The van der Waals surface area contributed by atoms with Crippen molar-refractivity contribution >= 4 is 40.0 Å². The summed E-state index contributed by atoms with van der Waals surface area (Å²) >= 11 is 5.89. The largest absolute Gasteiger partial charge is 0.465 e. The summed E-state index contributed by atoms with van der Waals surface area (Å²) in [6.07, 6.45) is 0. The minimum atomic E-state index is -3.62. The number of ether oxygens (including phenoxy) is 1. The Kier molecular flexibility index (Phi) is 5.79. The molecule has 20 heavy (non-hydrogen) atoms. The molecule has 2 rings (SSSR count).